The van der Waals surface area contributed by atoms with E-state index in [1.165, 1.54) is 22.3 Å². The molecule has 0 saturated carbocycles. The highest BCUT2D eigenvalue weighted by molar-refractivity contribution is 5.91. The van der Waals surface area contributed by atoms with Crippen LogP contribution in [-0.4, -0.2) is 36.9 Å². The summed E-state index contributed by atoms with van der Waals surface area (Å²) in [5.41, 5.74) is 14.0. The molecule has 0 aliphatic rings. The predicted molar refractivity (Wildman–Crippen MR) is 181 cm³/mol. The van der Waals surface area contributed by atoms with Crippen LogP contribution >= 0.6 is 0 Å². The van der Waals surface area contributed by atoms with Gasteiger partial charge in [0.2, 0.25) is 0 Å². The van der Waals surface area contributed by atoms with Crippen LogP contribution in [0, 0.1) is 0 Å². The van der Waals surface area contributed by atoms with Crippen molar-refractivity contribution in [2.24, 2.45) is 5.73 Å². The van der Waals surface area contributed by atoms with E-state index in [4.69, 9.17) is 15.2 Å². The summed E-state index contributed by atoms with van der Waals surface area (Å²) in [6.07, 6.45) is 7.94. The average molecular weight is 587 g/mol. The summed E-state index contributed by atoms with van der Waals surface area (Å²) in [4.78, 5) is 6.93. The lowest BCUT2D eigenvalue weighted by Crippen LogP contribution is -2.38. The van der Waals surface area contributed by atoms with Gasteiger partial charge in [-0.15, -0.1) is 0 Å². The zero-order valence-corrected chi connectivity index (χ0v) is 25.6. The maximum Gasteiger partial charge on any atom is 0.128 e. The molecule has 5 N–H and O–H groups in total. The number of nitrogens with one attached hydrogen (secondary N) is 3. The standard InChI is InChI=1S/C38H42N4O2/c1-43-34-19-9-17-32-37(34)30(24-41-32)28(26-12-5-3-6-13-26)16-11-23-40-36(39)22-21-29(27-14-7-4-8-15-27)31-25-42-33-18-10-20-35(44-2)38(31)33/h3-10,12-15,17-20,24-25,28-29,36,40-42H,11,16,21-23,39H2,1-2H3. The molecule has 44 heavy (non-hydrogen) atoms. The van der Waals surface area contributed by atoms with Crippen LogP contribution in [0.15, 0.2) is 109 Å². The molecule has 0 bridgehead atoms. The van der Waals surface area contributed by atoms with E-state index in [9.17, 15) is 0 Å². The number of rotatable bonds is 14. The Hall–Kier alpha value is -4.52. The highest BCUT2D eigenvalue weighted by atomic mass is 16.5. The summed E-state index contributed by atoms with van der Waals surface area (Å²) in [6.45, 7) is 0.848. The Morgan fingerprint density at radius 1 is 0.614 bits per heavy atom. The van der Waals surface area contributed by atoms with Gasteiger partial charge < -0.3 is 30.5 Å². The summed E-state index contributed by atoms with van der Waals surface area (Å²) < 4.78 is 11.5. The summed E-state index contributed by atoms with van der Waals surface area (Å²) in [5, 5.41) is 5.93. The smallest absolute Gasteiger partial charge is 0.128 e. The fraction of sp³-hybridized carbons (Fsp3) is 0.263. The van der Waals surface area contributed by atoms with E-state index >= 15 is 0 Å². The molecular formula is C38H42N4O2. The van der Waals surface area contributed by atoms with Gasteiger partial charge in [0.1, 0.15) is 11.5 Å². The Labute approximate surface area is 259 Å². The van der Waals surface area contributed by atoms with Crippen molar-refractivity contribution in [2.45, 2.75) is 43.7 Å². The number of H-pyrrole nitrogens is 2. The van der Waals surface area contributed by atoms with E-state index in [-0.39, 0.29) is 18.0 Å². The summed E-state index contributed by atoms with van der Waals surface area (Å²) in [6, 6.07) is 33.8. The highest BCUT2D eigenvalue weighted by Gasteiger charge is 2.22. The van der Waals surface area contributed by atoms with Gasteiger partial charge in [0.15, 0.2) is 0 Å². The number of nitrogens with two attached hydrogens (primary N) is 1. The Balaban J connectivity index is 1.13. The first-order valence-corrected chi connectivity index (χ1v) is 15.5. The van der Waals surface area contributed by atoms with Crippen molar-refractivity contribution in [3.05, 3.63) is 132 Å². The zero-order chi connectivity index (χ0) is 30.3. The third-order valence-corrected chi connectivity index (χ3v) is 8.83. The van der Waals surface area contributed by atoms with Crippen molar-refractivity contribution < 1.29 is 9.47 Å². The summed E-state index contributed by atoms with van der Waals surface area (Å²) in [7, 11) is 3.48. The van der Waals surface area contributed by atoms with Gasteiger partial charge in [0.05, 0.1) is 20.4 Å². The minimum atomic E-state index is -0.100. The SMILES string of the molecule is COc1cccc2[nH]cc(C(CCCNC(N)CCC(c3ccccc3)c3c[nH]c4cccc(OC)c34)c3ccccc3)c12. The van der Waals surface area contributed by atoms with E-state index in [1.807, 2.05) is 24.3 Å². The molecule has 2 aromatic heterocycles. The molecule has 0 aliphatic heterocycles. The number of hydrogen-bond acceptors (Lipinski definition) is 4. The number of fused-ring (bicyclic) bond motifs is 2. The maximum atomic E-state index is 6.69. The second-order valence-corrected chi connectivity index (χ2v) is 11.5. The van der Waals surface area contributed by atoms with Crippen molar-refractivity contribution in [1.29, 1.82) is 0 Å². The van der Waals surface area contributed by atoms with Crippen LogP contribution in [0.25, 0.3) is 21.8 Å². The van der Waals surface area contributed by atoms with Crippen molar-refractivity contribution in [3.8, 4) is 11.5 Å². The number of aromatic nitrogens is 2. The van der Waals surface area contributed by atoms with Gasteiger partial charge in [0.25, 0.3) is 0 Å². The topological polar surface area (TPSA) is 88.1 Å². The zero-order valence-electron chi connectivity index (χ0n) is 25.6. The number of benzene rings is 4. The van der Waals surface area contributed by atoms with Gasteiger partial charge in [-0.2, -0.15) is 0 Å². The van der Waals surface area contributed by atoms with Crippen molar-refractivity contribution >= 4 is 21.8 Å². The van der Waals surface area contributed by atoms with E-state index in [1.54, 1.807) is 14.2 Å². The predicted octanol–water partition coefficient (Wildman–Crippen LogP) is 8.07. The molecule has 6 nitrogen and oxygen atoms in total. The van der Waals surface area contributed by atoms with E-state index in [0.29, 0.717) is 0 Å². The molecule has 0 fully saturated rings. The molecule has 3 unspecified atom stereocenters. The fourth-order valence-corrected chi connectivity index (χ4v) is 6.66. The normalized spacial score (nSPS) is 13.6. The van der Waals surface area contributed by atoms with Crippen LogP contribution in [0.2, 0.25) is 0 Å². The maximum absolute atomic E-state index is 6.69. The fourth-order valence-electron chi connectivity index (χ4n) is 6.66. The van der Waals surface area contributed by atoms with Crippen molar-refractivity contribution in [2.75, 3.05) is 20.8 Å². The third kappa shape index (κ3) is 6.23. The molecule has 0 amide bonds. The largest absolute Gasteiger partial charge is 0.496 e. The Kier molecular flexibility index (Phi) is 9.30. The molecular weight excluding hydrogens is 544 g/mol. The average Bonchev–Trinajstić information content (AvgIpc) is 3.71. The van der Waals surface area contributed by atoms with Gasteiger partial charge in [-0.25, -0.2) is 0 Å². The quantitative estimate of drug-likeness (QED) is 0.0768. The third-order valence-electron chi connectivity index (χ3n) is 8.83. The number of methoxy groups -OCH3 is 2. The van der Waals surface area contributed by atoms with Crippen LogP contribution in [0.5, 0.6) is 11.5 Å². The van der Waals surface area contributed by atoms with Crippen LogP contribution in [0.4, 0.5) is 0 Å². The van der Waals surface area contributed by atoms with E-state index in [0.717, 1.165) is 65.5 Å². The molecule has 3 atom stereocenters. The van der Waals surface area contributed by atoms with Crippen molar-refractivity contribution in [3.63, 3.8) is 0 Å². The van der Waals surface area contributed by atoms with Crippen molar-refractivity contribution in [1.82, 2.24) is 15.3 Å². The first-order chi connectivity index (χ1) is 21.7. The Bertz CT molecular complexity index is 1780. The molecule has 0 saturated heterocycles. The molecule has 6 aromatic rings. The lowest BCUT2D eigenvalue weighted by atomic mass is 9.86. The molecule has 6 rings (SSSR count). The lowest BCUT2D eigenvalue weighted by molar-refractivity contribution is 0.419. The highest BCUT2D eigenvalue weighted by Crippen LogP contribution is 2.40. The number of ether oxygens (including phenoxy) is 2. The molecule has 6 heteroatoms. The van der Waals surface area contributed by atoms with Gasteiger partial charge in [0, 0.05) is 46.0 Å². The summed E-state index contributed by atoms with van der Waals surface area (Å²) >= 11 is 0. The van der Waals surface area contributed by atoms with Gasteiger partial charge in [-0.3, -0.25) is 0 Å². The first-order valence-electron chi connectivity index (χ1n) is 15.5. The Morgan fingerprint density at radius 3 is 1.61 bits per heavy atom. The monoisotopic (exact) mass is 586 g/mol. The van der Waals surface area contributed by atoms with Crippen LogP contribution < -0.4 is 20.5 Å². The second-order valence-electron chi connectivity index (χ2n) is 11.5. The minimum Gasteiger partial charge on any atom is -0.496 e. The molecule has 0 radical (unpaired) electrons. The van der Waals surface area contributed by atoms with Gasteiger partial charge in [-0.05, 0) is 78.7 Å². The molecule has 0 aliphatic carbocycles. The first kappa shape index (κ1) is 29.5. The molecule has 0 spiro atoms. The van der Waals surface area contributed by atoms with Gasteiger partial charge in [-0.1, -0.05) is 72.8 Å². The Morgan fingerprint density at radius 2 is 1.11 bits per heavy atom. The van der Waals surface area contributed by atoms with E-state index < -0.39 is 0 Å². The number of aromatic amines is 2. The van der Waals surface area contributed by atoms with Crippen LogP contribution in [0.1, 0.15) is 59.8 Å². The van der Waals surface area contributed by atoms with E-state index in [2.05, 4.69) is 100 Å². The van der Waals surface area contributed by atoms with Gasteiger partial charge >= 0.3 is 0 Å². The summed E-state index contributed by atoms with van der Waals surface area (Å²) in [5.74, 6) is 2.25. The molecule has 4 aromatic carbocycles. The van der Waals surface area contributed by atoms with Crippen LogP contribution in [-0.2, 0) is 0 Å². The molecule has 226 valence electrons. The minimum absolute atomic E-state index is 0.100. The number of hydrogen-bond donors (Lipinski definition) is 4. The van der Waals surface area contributed by atoms with Crippen LogP contribution in [0.3, 0.4) is 0 Å². The second kappa shape index (κ2) is 13.8. The lowest BCUT2D eigenvalue weighted by Gasteiger charge is -2.22. The molecule has 2 heterocycles.